The van der Waals surface area contributed by atoms with E-state index in [2.05, 4.69) is 27.7 Å². The molecule has 120 valence electrons. The minimum atomic E-state index is 0.693. The summed E-state index contributed by atoms with van der Waals surface area (Å²) in [6.45, 7) is 10.5. The Kier molecular flexibility index (Phi) is 3.30. The van der Waals surface area contributed by atoms with Crippen LogP contribution < -0.4 is 0 Å². The van der Waals surface area contributed by atoms with Gasteiger partial charge in [-0.1, -0.05) is 40.5 Å². The Bertz CT molecular complexity index is 412. The lowest BCUT2D eigenvalue weighted by atomic mass is 9.43. The Balaban J connectivity index is 1.66. The van der Waals surface area contributed by atoms with Crippen LogP contribution in [0.1, 0.15) is 85.5 Å². The van der Waals surface area contributed by atoms with E-state index in [0.29, 0.717) is 5.41 Å². The van der Waals surface area contributed by atoms with Gasteiger partial charge < -0.3 is 0 Å². The van der Waals surface area contributed by atoms with Gasteiger partial charge in [-0.05, 0) is 91.3 Å². The summed E-state index contributed by atoms with van der Waals surface area (Å²) in [6, 6.07) is 0. The van der Waals surface area contributed by atoms with E-state index in [9.17, 15) is 0 Å². The molecule has 0 heteroatoms. The van der Waals surface area contributed by atoms with E-state index in [1.165, 1.54) is 32.1 Å². The Labute approximate surface area is 132 Å². The quantitative estimate of drug-likeness (QED) is 0.490. The summed E-state index contributed by atoms with van der Waals surface area (Å²) < 4.78 is 0. The van der Waals surface area contributed by atoms with Crippen LogP contribution in [0.3, 0.4) is 0 Å². The molecule has 5 unspecified atom stereocenters. The second kappa shape index (κ2) is 4.75. The van der Waals surface area contributed by atoms with Crippen LogP contribution in [0.15, 0.2) is 0 Å². The van der Waals surface area contributed by atoms with Crippen LogP contribution in [0.2, 0.25) is 0 Å². The molecule has 0 bridgehead atoms. The summed E-state index contributed by atoms with van der Waals surface area (Å²) in [6.07, 6.45) is 13.9. The van der Waals surface area contributed by atoms with Crippen LogP contribution in [-0.4, -0.2) is 0 Å². The monoisotopic (exact) mass is 288 g/mol. The van der Waals surface area contributed by atoms with E-state index in [0.717, 1.165) is 40.9 Å². The van der Waals surface area contributed by atoms with Gasteiger partial charge in [0.2, 0.25) is 0 Å². The Hall–Kier alpha value is 0. The normalized spacial score (nSPS) is 60.0. The fourth-order valence-corrected chi connectivity index (χ4v) is 7.93. The zero-order valence-electron chi connectivity index (χ0n) is 14.8. The van der Waals surface area contributed by atoms with Gasteiger partial charge in [0.25, 0.3) is 0 Å². The van der Waals surface area contributed by atoms with Crippen LogP contribution in [0, 0.1) is 46.3 Å². The molecule has 0 heterocycles. The minimum absolute atomic E-state index is 0.693. The molecule has 0 saturated heterocycles. The molecule has 4 saturated carbocycles. The molecule has 0 radical (unpaired) electrons. The molecule has 0 amide bonds. The van der Waals surface area contributed by atoms with Crippen LogP contribution >= 0.6 is 0 Å². The zero-order chi connectivity index (χ0) is 14.8. The molecule has 0 aromatic carbocycles. The lowest BCUT2D eigenvalue weighted by Crippen LogP contribution is -2.55. The molecule has 4 aliphatic carbocycles. The zero-order valence-corrected chi connectivity index (χ0v) is 14.8. The smallest absolute Gasteiger partial charge is 0.0264 e. The molecule has 4 rings (SSSR count). The molecule has 8 atom stereocenters. The maximum Gasteiger partial charge on any atom is -0.0264 e. The van der Waals surface area contributed by atoms with Gasteiger partial charge in [0.1, 0.15) is 0 Å². The van der Waals surface area contributed by atoms with E-state index in [-0.39, 0.29) is 0 Å². The molecule has 4 aliphatic rings. The third kappa shape index (κ3) is 1.99. The lowest BCUT2D eigenvalue weighted by Gasteiger charge is -2.62. The second-order valence-corrected chi connectivity index (χ2v) is 10.2. The molecule has 4 fully saturated rings. The van der Waals surface area contributed by atoms with E-state index in [4.69, 9.17) is 0 Å². The van der Waals surface area contributed by atoms with Crippen molar-refractivity contribution in [1.29, 1.82) is 0 Å². The highest BCUT2D eigenvalue weighted by atomic mass is 14.6. The van der Waals surface area contributed by atoms with Gasteiger partial charge in [0.05, 0.1) is 0 Å². The van der Waals surface area contributed by atoms with Crippen molar-refractivity contribution in [3.8, 4) is 0 Å². The summed E-state index contributed by atoms with van der Waals surface area (Å²) in [5, 5.41) is 0. The van der Waals surface area contributed by atoms with Gasteiger partial charge in [-0.2, -0.15) is 0 Å². The lowest BCUT2D eigenvalue weighted by molar-refractivity contribution is -0.132. The number of hydrogen-bond donors (Lipinski definition) is 0. The van der Waals surface area contributed by atoms with Crippen molar-refractivity contribution in [2.75, 3.05) is 0 Å². The fraction of sp³-hybridized carbons (Fsp3) is 1.00. The highest BCUT2D eigenvalue weighted by molar-refractivity contribution is 5.08. The third-order valence-corrected chi connectivity index (χ3v) is 9.08. The first kappa shape index (κ1) is 14.6. The Morgan fingerprint density at radius 1 is 0.762 bits per heavy atom. The number of fused-ring (bicyclic) bond motifs is 5. The predicted molar refractivity (Wildman–Crippen MR) is 90.1 cm³/mol. The average molecular weight is 289 g/mol. The molecular formula is C21H36. The Morgan fingerprint density at radius 2 is 1.57 bits per heavy atom. The van der Waals surface area contributed by atoms with E-state index in [1.54, 1.807) is 25.7 Å². The van der Waals surface area contributed by atoms with Gasteiger partial charge in [0.15, 0.2) is 0 Å². The van der Waals surface area contributed by atoms with Gasteiger partial charge in [-0.3, -0.25) is 0 Å². The van der Waals surface area contributed by atoms with Crippen molar-refractivity contribution in [2.24, 2.45) is 46.3 Å². The van der Waals surface area contributed by atoms with Gasteiger partial charge in [-0.25, -0.2) is 0 Å². The van der Waals surface area contributed by atoms with Gasteiger partial charge in [-0.15, -0.1) is 0 Å². The highest BCUT2D eigenvalue weighted by Crippen LogP contribution is 2.67. The van der Waals surface area contributed by atoms with Crippen LogP contribution in [0.5, 0.6) is 0 Å². The first-order valence-corrected chi connectivity index (χ1v) is 9.94. The molecule has 0 aromatic rings. The van der Waals surface area contributed by atoms with Crippen molar-refractivity contribution in [1.82, 2.24) is 0 Å². The largest absolute Gasteiger partial charge is 0.0625 e. The maximum atomic E-state index is 2.72. The maximum absolute atomic E-state index is 2.72. The predicted octanol–water partition coefficient (Wildman–Crippen LogP) is 6.30. The first-order valence-electron chi connectivity index (χ1n) is 9.94. The fourth-order valence-electron chi connectivity index (χ4n) is 7.93. The molecular weight excluding hydrogens is 252 g/mol. The topological polar surface area (TPSA) is 0 Å². The molecule has 0 N–H and O–H groups in total. The van der Waals surface area contributed by atoms with Crippen LogP contribution in [0.25, 0.3) is 0 Å². The van der Waals surface area contributed by atoms with Crippen LogP contribution in [0.4, 0.5) is 0 Å². The molecule has 0 nitrogen and oxygen atoms in total. The van der Waals surface area contributed by atoms with Gasteiger partial charge in [0, 0.05) is 0 Å². The van der Waals surface area contributed by atoms with Crippen LogP contribution in [-0.2, 0) is 0 Å². The SMILES string of the molecule is CC1CC[C@]2(C)C3CC[C@]4(C)CCCC4C3C[C@@H](C)C2C1. The highest BCUT2D eigenvalue weighted by Gasteiger charge is 2.59. The van der Waals surface area contributed by atoms with Crippen molar-refractivity contribution in [3.63, 3.8) is 0 Å². The Morgan fingerprint density at radius 3 is 2.38 bits per heavy atom. The van der Waals surface area contributed by atoms with Crippen molar-refractivity contribution < 1.29 is 0 Å². The number of hydrogen-bond acceptors (Lipinski definition) is 0. The summed E-state index contributed by atoms with van der Waals surface area (Å²) in [5.41, 5.74) is 1.42. The molecule has 0 aromatic heterocycles. The van der Waals surface area contributed by atoms with Crippen molar-refractivity contribution in [3.05, 3.63) is 0 Å². The number of rotatable bonds is 0. The second-order valence-electron chi connectivity index (χ2n) is 10.2. The summed E-state index contributed by atoms with van der Waals surface area (Å²) in [5.74, 6) is 6.24. The molecule has 0 aliphatic heterocycles. The van der Waals surface area contributed by atoms with E-state index in [1.807, 2.05) is 0 Å². The van der Waals surface area contributed by atoms with Crippen molar-refractivity contribution in [2.45, 2.75) is 85.5 Å². The molecule has 21 heavy (non-hydrogen) atoms. The summed E-state index contributed by atoms with van der Waals surface area (Å²) in [4.78, 5) is 0. The first-order chi connectivity index (χ1) is 9.94. The molecule has 0 spiro atoms. The van der Waals surface area contributed by atoms with E-state index < -0.39 is 0 Å². The van der Waals surface area contributed by atoms with Crippen molar-refractivity contribution >= 4 is 0 Å². The standard InChI is InChI=1S/C21H36/c1-14-7-11-21(4)18-8-10-20(3)9-5-6-17(20)16(18)13-15(2)19(21)12-14/h14-19H,5-13H2,1-4H3/t14?,15-,16?,17?,18?,19?,20+,21-/m1/s1. The van der Waals surface area contributed by atoms with Gasteiger partial charge >= 0.3 is 0 Å². The van der Waals surface area contributed by atoms with E-state index >= 15 is 0 Å². The average Bonchev–Trinajstić information content (AvgIpc) is 2.83. The summed E-state index contributed by atoms with van der Waals surface area (Å²) in [7, 11) is 0. The summed E-state index contributed by atoms with van der Waals surface area (Å²) >= 11 is 0. The minimum Gasteiger partial charge on any atom is -0.0625 e. The third-order valence-electron chi connectivity index (χ3n) is 9.08.